The van der Waals surface area contributed by atoms with Gasteiger partial charge in [0.1, 0.15) is 12.2 Å². The number of pyridine rings is 1. The number of carbonyl (C=O) groups is 1. The first kappa shape index (κ1) is 26.4. The van der Waals surface area contributed by atoms with E-state index in [0.29, 0.717) is 47.6 Å². The van der Waals surface area contributed by atoms with Crippen LogP contribution in [0.2, 0.25) is 23.2 Å². The summed E-state index contributed by atoms with van der Waals surface area (Å²) in [6.45, 7) is 17.8. The highest BCUT2D eigenvalue weighted by atomic mass is 35.5. The molecule has 0 atom stereocenters. The fourth-order valence-corrected chi connectivity index (χ4v) is 4.26. The average Bonchev–Trinajstić information content (AvgIpc) is 3.19. The molecule has 2 aromatic rings. The van der Waals surface area contributed by atoms with E-state index in [2.05, 4.69) is 49.0 Å². The first-order valence-corrected chi connectivity index (χ1v) is 14.7. The van der Waals surface area contributed by atoms with Crippen LogP contribution in [0.5, 0.6) is 0 Å². The monoisotopic (exact) mass is 506 g/mol. The first-order chi connectivity index (χ1) is 15.7. The Morgan fingerprint density at radius 3 is 2.47 bits per heavy atom. The Kier molecular flexibility index (Phi) is 7.59. The molecule has 1 aliphatic rings. The molecular formula is C24H35ClN4O4Si. The SMILES string of the molecule is CC(C)(C)OC(=O)N1CC=C(c2ncc(-c3nnc(CO[Si](C)(C)C(C)(C)C)o3)cc2Cl)CC1. The van der Waals surface area contributed by atoms with Gasteiger partial charge in [-0.1, -0.05) is 38.4 Å². The van der Waals surface area contributed by atoms with Crippen molar-refractivity contribution in [3.63, 3.8) is 0 Å². The lowest BCUT2D eigenvalue weighted by molar-refractivity contribution is 0.0270. The van der Waals surface area contributed by atoms with Gasteiger partial charge in [-0.3, -0.25) is 4.98 Å². The van der Waals surface area contributed by atoms with Crippen molar-refractivity contribution in [2.75, 3.05) is 13.1 Å². The summed E-state index contributed by atoms with van der Waals surface area (Å²) in [6.07, 6.45) is 3.96. The maximum atomic E-state index is 12.3. The molecule has 3 heterocycles. The van der Waals surface area contributed by atoms with E-state index < -0.39 is 13.9 Å². The molecule has 0 radical (unpaired) electrons. The van der Waals surface area contributed by atoms with E-state index in [1.807, 2.05) is 26.8 Å². The summed E-state index contributed by atoms with van der Waals surface area (Å²) in [7, 11) is -1.92. The maximum Gasteiger partial charge on any atom is 0.410 e. The predicted molar refractivity (Wildman–Crippen MR) is 135 cm³/mol. The van der Waals surface area contributed by atoms with Gasteiger partial charge in [-0.15, -0.1) is 10.2 Å². The minimum atomic E-state index is -1.92. The zero-order valence-electron chi connectivity index (χ0n) is 21.4. The predicted octanol–water partition coefficient (Wildman–Crippen LogP) is 6.33. The van der Waals surface area contributed by atoms with Crippen LogP contribution in [0.1, 0.15) is 59.5 Å². The molecule has 186 valence electrons. The average molecular weight is 507 g/mol. The number of carbonyl (C=O) groups excluding carboxylic acids is 1. The van der Waals surface area contributed by atoms with Gasteiger partial charge in [0, 0.05) is 19.3 Å². The molecule has 10 heteroatoms. The van der Waals surface area contributed by atoms with Crippen LogP contribution in [0.3, 0.4) is 0 Å². The van der Waals surface area contributed by atoms with Crippen LogP contribution in [-0.4, -0.2) is 53.2 Å². The fraction of sp³-hybridized carbons (Fsp3) is 0.583. The van der Waals surface area contributed by atoms with Crippen molar-refractivity contribution in [1.82, 2.24) is 20.1 Å². The highest BCUT2D eigenvalue weighted by molar-refractivity contribution is 6.74. The molecule has 2 aromatic heterocycles. The van der Waals surface area contributed by atoms with Crippen LogP contribution < -0.4 is 0 Å². The van der Waals surface area contributed by atoms with Gasteiger partial charge >= 0.3 is 6.09 Å². The van der Waals surface area contributed by atoms with Gasteiger partial charge in [-0.2, -0.15) is 0 Å². The van der Waals surface area contributed by atoms with E-state index in [9.17, 15) is 4.79 Å². The lowest BCUT2D eigenvalue weighted by atomic mass is 10.0. The summed E-state index contributed by atoms with van der Waals surface area (Å²) in [5.74, 6) is 0.778. The number of ether oxygens (including phenoxy) is 1. The van der Waals surface area contributed by atoms with Crippen molar-refractivity contribution in [3.05, 3.63) is 34.9 Å². The highest BCUT2D eigenvalue weighted by Gasteiger charge is 2.37. The van der Waals surface area contributed by atoms with Crippen LogP contribution in [0.4, 0.5) is 4.79 Å². The Balaban J connectivity index is 1.67. The molecule has 0 N–H and O–H groups in total. The topological polar surface area (TPSA) is 90.6 Å². The van der Waals surface area contributed by atoms with Gasteiger partial charge < -0.3 is 18.5 Å². The summed E-state index contributed by atoms with van der Waals surface area (Å²) in [6, 6.07) is 1.77. The minimum Gasteiger partial charge on any atom is -0.444 e. The molecule has 3 rings (SSSR count). The van der Waals surface area contributed by atoms with Crippen LogP contribution in [-0.2, 0) is 15.8 Å². The third-order valence-corrected chi connectivity index (χ3v) is 10.8. The largest absolute Gasteiger partial charge is 0.444 e. The second-order valence-electron chi connectivity index (χ2n) is 11.0. The molecule has 0 fully saturated rings. The Labute approximate surface area is 207 Å². The lowest BCUT2D eigenvalue weighted by Gasteiger charge is -2.35. The van der Waals surface area contributed by atoms with Crippen molar-refractivity contribution in [2.24, 2.45) is 0 Å². The second kappa shape index (κ2) is 9.79. The van der Waals surface area contributed by atoms with Gasteiger partial charge in [0.15, 0.2) is 8.32 Å². The smallest absolute Gasteiger partial charge is 0.410 e. The van der Waals surface area contributed by atoms with Gasteiger partial charge in [-0.05, 0) is 57.0 Å². The third-order valence-electron chi connectivity index (χ3n) is 6.08. The number of rotatable bonds is 5. The first-order valence-electron chi connectivity index (χ1n) is 11.5. The molecule has 0 unspecified atom stereocenters. The van der Waals surface area contributed by atoms with Crippen molar-refractivity contribution in [2.45, 2.75) is 78.3 Å². The number of aromatic nitrogens is 3. The molecule has 8 nitrogen and oxygen atoms in total. The van der Waals surface area contributed by atoms with Crippen molar-refractivity contribution in [3.8, 4) is 11.5 Å². The Hall–Kier alpha value is -2.23. The summed E-state index contributed by atoms with van der Waals surface area (Å²) in [5.41, 5.74) is 1.81. The number of nitrogens with zero attached hydrogens (tertiary/aromatic N) is 4. The van der Waals surface area contributed by atoms with Gasteiger partial charge in [0.2, 0.25) is 11.8 Å². The molecule has 1 amide bonds. The standard InChI is InChI=1S/C24H35ClN4O4Si/c1-23(2,3)33-22(30)29-11-9-16(10-12-29)20-18(25)13-17(14-26-20)21-28-27-19(32-21)15-31-34(7,8)24(4,5)6/h9,13-14H,10-12,15H2,1-8H3. The third kappa shape index (κ3) is 6.46. The Morgan fingerprint density at radius 2 is 1.91 bits per heavy atom. The summed E-state index contributed by atoms with van der Waals surface area (Å²) in [4.78, 5) is 18.5. The number of hydrogen-bond acceptors (Lipinski definition) is 7. The zero-order valence-corrected chi connectivity index (χ0v) is 23.1. The van der Waals surface area contributed by atoms with E-state index in [0.717, 1.165) is 5.57 Å². The Bertz CT molecular complexity index is 1070. The fourth-order valence-electron chi connectivity index (χ4n) is 3.05. The van der Waals surface area contributed by atoms with E-state index in [4.69, 9.17) is 25.2 Å². The molecule has 0 aromatic carbocycles. The van der Waals surface area contributed by atoms with Crippen LogP contribution in [0, 0.1) is 0 Å². The van der Waals surface area contributed by atoms with Gasteiger partial charge in [0.25, 0.3) is 0 Å². The normalized spacial score (nSPS) is 15.3. The molecule has 1 aliphatic heterocycles. The molecule has 0 aliphatic carbocycles. The van der Waals surface area contributed by atoms with E-state index >= 15 is 0 Å². The number of hydrogen-bond donors (Lipinski definition) is 0. The molecule has 0 spiro atoms. The van der Waals surface area contributed by atoms with E-state index in [1.54, 1.807) is 17.2 Å². The summed E-state index contributed by atoms with van der Waals surface area (Å²) in [5, 5.41) is 8.85. The van der Waals surface area contributed by atoms with Crippen LogP contribution >= 0.6 is 11.6 Å². The molecule has 0 saturated carbocycles. The quantitative estimate of drug-likeness (QED) is 0.437. The minimum absolute atomic E-state index is 0.0981. The van der Waals surface area contributed by atoms with Crippen molar-refractivity contribution in [1.29, 1.82) is 0 Å². The number of halogens is 1. The summed E-state index contributed by atoms with van der Waals surface area (Å²) >= 11 is 6.56. The molecule has 0 saturated heterocycles. The lowest BCUT2D eigenvalue weighted by Crippen LogP contribution is -2.40. The van der Waals surface area contributed by atoms with Crippen LogP contribution in [0.15, 0.2) is 22.8 Å². The number of amides is 1. The van der Waals surface area contributed by atoms with Crippen LogP contribution in [0.25, 0.3) is 17.0 Å². The van der Waals surface area contributed by atoms with Gasteiger partial charge in [-0.25, -0.2) is 4.79 Å². The van der Waals surface area contributed by atoms with Crippen molar-refractivity contribution < 1.29 is 18.4 Å². The highest BCUT2D eigenvalue weighted by Crippen LogP contribution is 2.37. The van der Waals surface area contributed by atoms with Gasteiger partial charge in [0.05, 0.1) is 16.3 Å². The van der Waals surface area contributed by atoms with E-state index in [1.165, 1.54) is 0 Å². The van der Waals surface area contributed by atoms with Crippen molar-refractivity contribution >= 4 is 31.6 Å². The maximum absolute atomic E-state index is 12.3. The van der Waals surface area contributed by atoms with E-state index in [-0.39, 0.29) is 17.7 Å². The summed E-state index contributed by atoms with van der Waals surface area (Å²) < 4.78 is 17.4. The molecule has 0 bridgehead atoms. The Morgan fingerprint density at radius 1 is 1.21 bits per heavy atom. The molecule has 34 heavy (non-hydrogen) atoms. The second-order valence-corrected chi connectivity index (χ2v) is 16.2. The molecular weight excluding hydrogens is 472 g/mol. The zero-order chi connectivity index (χ0) is 25.3.